The molecular weight excluding hydrogens is 266 g/mol. The number of aliphatic carboxylic acids is 1. The predicted octanol–water partition coefficient (Wildman–Crippen LogP) is 3.08. The number of benzene rings is 2. The van der Waals surface area contributed by atoms with Crippen LogP contribution in [0.15, 0.2) is 48.5 Å². The summed E-state index contributed by atoms with van der Waals surface area (Å²) >= 11 is 0. The molecule has 0 aliphatic carbocycles. The lowest BCUT2D eigenvalue weighted by molar-refractivity contribution is -0.138. The Balaban J connectivity index is 2.22. The third-order valence-electron chi connectivity index (χ3n) is 3.29. The highest BCUT2D eigenvalue weighted by molar-refractivity contribution is 5.76. The zero-order chi connectivity index (χ0) is 15.2. The van der Waals surface area contributed by atoms with Crippen LogP contribution in [0.5, 0.6) is 5.75 Å². The van der Waals surface area contributed by atoms with Crippen molar-refractivity contribution in [2.45, 2.75) is 19.3 Å². The summed E-state index contributed by atoms with van der Waals surface area (Å²) in [6, 6.07) is 14.5. The van der Waals surface area contributed by atoms with Gasteiger partial charge in [-0.1, -0.05) is 24.3 Å². The van der Waals surface area contributed by atoms with Crippen molar-refractivity contribution in [3.63, 3.8) is 0 Å². The van der Waals surface area contributed by atoms with E-state index in [1.165, 1.54) is 0 Å². The second-order valence-corrected chi connectivity index (χ2v) is 4.84. The first-order valence-corrected chi connectivity index (χ1v) is 6.90. The van der Waals surface area contributed by atoms with Gasteiger partial charge in [-0.05, 0) is 48.7 Å². The van der Waals surface area contributed by atoms with E-state index in [-0.39, 0.29) is 0 Å². The van der Waals surface area contributed by atoms with Gasteiger partial charge < -0.3 is 15.6 Å². The highest BCUT2D eigenvalue weighted by Gasteiger charge is 2.20. The zero-order valence-electron chi connectivity index (χ0n) is 12.0. The minimum absolute atomic E-state index is 0.417. The van der Waals surface area contributed by atoms with Crippen molar-refractivity contribution < 1.29 is 14.6 Å². The van der Waals surface area contributed by atoms with Crippen LogP contribution in [0.3, 0.4) is 0 Å². The van der Waals surface area contributed by atoms with Crippen molar-refractivity contribution in [3.8, 4) is 5.75 Å². The molecule has 0 aliphatic heterocycles. The summed E-state index contributed by atoms with van der Waals surface area (Å²) in [6.07, 6.45) is 0.417. The van der Waals surface area contributed by atoms with Crippen LogP contribution in [0, 0.1) is 0 Å². The highest BCUT2D eigenvalue weighted by Crippen LogP contribution is 2.24. The van der Waals surface area contributed by atoms with Gasteiger partial charge in [0, 0.05) is 5.69 Å². The van der Waals surface area contributed by atoms with Gasteiger partial charge in [-0.15, -0.1) is 0 Å². The summed E-state index contributed by atoms with van der Waals surface area (Å²) in [5.41, 5.74) is 7.95. The monoisotopic (exact) mass is 285 g/mol. The fourth-order valence-corrected chi connectivity index (χ4v) is 2.24. The molecule has 4 heteroatoms. The molecular formula is C17H19NO3. The maximum absolute atomic E-state index is 11.5. The minimum Gasteiger partial charge on any atom is -0.494 e. The van der Waals surface area contributed by atoms with Crippen LogP contribution in [-0.4, -0.2) is 17.7 Å². The van der Waals surface area contributed by atoms with Crippen molar-refractivity contribution in [3.05, 3.63) is 59.7 Å². The molecule has 2 aromatic rings. The van der Waals surface area contributed by atoms with Gasteiger partial charge in [-0.2, -0.15) is 0 Å². The van der Waals surface area contributed by atoms with E-state index in [1.54, 1.807) is 24.3 Å². The number of nitrogens with two attached hydrogens (primary N) is 1. The van der Waals surface area contributed by atoms with Crippen molar-refractivity contribution in [1.82, 2.24) is 0 Å². The Labute approximate surface area is 124 Å². The van der Waals surface area contributed by atoms with Gasteiger partial charge in [-0.3, -0.25) is 4.79 Å². The molecule has 1 unspecified atom stereocenters. The first-order chi connectivity index (χ1) is 10.1. The molecule has 4 nitrogen and oxygen atoms in total. The summed E-state index contributed by atoms with van der Waals surface area (Å²) in [4.78, 5) is 11.5. The Morgan fingerprint density at radius 3 is 2.57 bits per heavy atom. The van der Waals surface area contributed by atoms with Crippen LogP contribution in [0.25, 0.3) is 0 Å². The van der Waals surface area contributed by atoms with Gasteiger partial charge in [0.1, 0.15) is 5.75 Å². The number of carboxylic acid groups (broad SMARTS) is 1. The number of carbonyl (C=O) groups is 1. The fraction of sp³-hybridized carbons (Fsp3) is 0.235. The molecule has 0 aliphatic rings. The van der Waals surface area contributed by atoms with Crippen molar-refractivity contribution in [2.24, 2.45) is 0 Å². The Morgan fingerprint density at radius 2 is 1.95 bits per heavy atom. The summed E-state index contributed by atoms with van der Waals surface area (Å²) in [6.45, 7) is 2.50. The van der Waals surface area contributed by atoms with E-state index in [0.29, 0.717) is 18.7 Å². The molecule has 21 heavy (non-hydrogen) atoms. The number of ether oxygens (including phenoxy) is 1. The molecule has 1 atom stereocenters. The summed E-state index contributed by atoms with van der Waals surface area (Å²) in [5.74, 6) is -0.680. The Kier molecular flexibility index (Phi) is 4.82. The molecule has 0 heterocycles. The third kappa shape index (κ3) is 3.99. The van der Waals surface area contributed by atoms with E-state index in [1.807, 2.05) is 31.2 Å². The quantitative estimate of drug-likeness (QED) is 0.800. The van der Waals surface area contributed by atoms with Gasteiger partial charge in [0.05, 0.1) is 12.5 Å². The molecule has 0 radical (unpaired) electrons. The van der Waals surface area contributed by atoms with Crippen LogP contribution in [0.4, 0.5) is 5.69 Å². The maximum atomic E-state index is 11.5. The maximum Gasteiger partial charge on any atom is 0.311 e. The standard InChI is InChI=1S/C17H19NO3/c1-2-21-15-5-3-4-12(10-15)11-16(17(19)20)13-6-8-14(18)9-7-13/h3-10,16H,2,11,18H2,1H3,(H,19,20). The number of hydrogen-bond acceptors (Lipinski definition) is 3. The van der Waals surface area contributed by atoms with E-state index >= 15 is 0 Å². The molecule has 0 bridgehead atoms. The number of nitrogen functional groups attached to an aromatic ring is 1. The predicted molar refractivity (Wildman–Crippen MR) is 82.5 cm³/mol. The van der Waals surface area contributed by atoms with E-state index in [2.05, 4.69) is 0 Å². The Bertz CT molecular complexity index is 608. The van der Waals surface area contributed by atoms with E-state index in [4.69, 9.17) is 10.5 Å². The Morgan fingerprint density at radius 1 is 1.24 bits per heavy atom. The second kappa shape index (κ2) is 6.79. The molecule has 0 fully saturated rings. The minimum atomic E-state index is -0.846. The van der Waals surface area contributed by atoms with Gasteiger partial charge in [0.2, 0.25) is 0 Å². The molecule has 2 rings (SSSR count). The second-order valence-electron chi connectivity index (χ2n) is 4.84. The molecule has 3 N–H and O–H groups in total. The zero-order valence-corrected chi connectivity index (χ0v) is 12.0. The van der Waals surface area contributed by atoms with Crippen LogP contribution in [-0.2, 0) is 11.2 Å². The van der Waals surface area contributed by atoms with Gasteiger partial charge >= 0.3 is 5.97 Å². The molecule has 0 saturated carbocycles. The van der Waals surface area contributed by atoms with Gasteiger partial charge in [0.25, 0.3) is 0 Å². The first-order valence-electron chi connectivity index (χ1n) is 6.90. The summed E-state index contributed by atoms with van der Waals surface area (Å²) in [7, 11) is 0. The number of carboxylic acids is 1. The fourth-order valence-electron chi connectivity index (χ4n) is 2.24. The molecule has 0 amide bonds. The van der Waals surface area contributed by atoms with Gasteiger partial charge in [-0.25, -0.2) is 0 Å². The first kappa shape index (κ1) is 14.9. The molecule has 2 aromatic carbocycles. The number of anilines is 1. The highest BCUT2D eigenvalue weighted by atomic mass is 16.5. The van der Waals surface area contributed by atoms with Gasteiger partial charge in [0.15, 0.2) is 0 Å². The smallest absolute Gasteiger partial charge is 0.311 e. The summed E-state index contributed by atoms with van der Waals surface area (Å²) in [5, 5.41) is 9.47. The van der Waals surface area contributed by atoms with E-state index in [9.17, 15) is 9.90 Å². The largest absolute Gasteiger partial charge is 0.494 e. The molecule has 0 saturated heterocycles. The lowest BCUT2D eigenvalue weighted by atomic mass is 9.92. The summed E-state index contributed by atoms with van der Waals surface area (Å²) < 4.78 is 5.45. The van der Waals surface area contributed by atoms with Crippen LogP contribution in [0.1, 0.15) is 24.0 Å². The molecule has 110 valence electrons. The number of hydrogen-bond donors (Lipinski definition) is 2. The lowest BCUT2D eigenvalue weighted by Gasteiger charge is -2.14. The Hall–Kier alpha value is -2.49. The van der Waals surface area contributed by atoms with Crippen LogP contribution >= 0.6 is 0 Å². The number of rotatable bonds is 6. The van der Waals surface area contributed by atoms with Crippen LogP contribution < -0.4 is 10.5 Å². The normalized spacial score (nSPS) is 11.9. The SMILES string of the molecule is CCOc1cccc(CC(C(=O)O)c2ccc(N)cc2)c1. The van der Waals surface area contributed by atoms with E-state index < -0.39 is 11.9 Å². The molecule has 0 aromatic heterocycles. The van der Waals surface area contributed by atoms with Crippen LogP contribution in [0.2, 0.25) is 0 Å². The van der Waals surface area contributed by atoms with Crippen molar-refractivity contribution >= 4 is 11.7 Å². The average molecular weight is 285 g/mol. The molecule has 0 spiro atoms. The third-order valence-corrected chi connectivity index (χ3v) is 3.29. The topological polar surface area (TPSA) is 72.5 Å². The average Bonchev–Trinajstić information content (AvgIpc) is 2.46. The lowest BCUT2D eigenvalue weighted by Crippen LogP contribution is -2.14. The van der Waals surface area contributed by atoms with Crippen molar-refractivity contribution in [1.29, 1.82) is 0 Å². The van der Waals surface area contributed by atoms with Crippen molar-refractivity contribution in [2.75, 3.05) is 12.3 Å². The van der Waals surface area contributed by atoms with E-state index in [0.717, 1.165) is 16.9 Å².